The van der Waals surface area contributed by atoms with Gasteiger partial charge in [-0.2, -0.15) is 0 Å². The third-order valence-corrected chi connectivity index (χ3v) is 5.20. The molecule has 0 radical (unpaired) electrons. The number of carbonyl (C=O) groups excluding carboxylic acids is 1. The highest BCUT2D eigenvalue weighted by atomic mass is 79.9. The molecule has 0 unspecified atom stereocenters. The SMILES string of the molecule is CC(C)(C)OC(=O)N1CC2(CCCCC2)c2cc(Br)ccc21. The van der Waals surface area contributed by atoms with Gasteiger partial charge in [-0.15, -0.1) is 0 Å². The first-order valence-electron chi connectivity index (χ1n) is 8.11. The van der Waals surface area contributed by atoms with E-state index < -0.39 is 5.60 Å². The lowest BCUT2D eigenvalue weighted by Gasteiger charge is -2.34. The summed E-state index contributed by atoms with van der Waals surface area (Å²) in [5.41, 5.74) is 2.00. The summed E-state index contributed by atoms with van der Waals surface area (Å²) in [5.74, 6) is 0. The second-order valence-corrected chi connectivity index (χ2v) is 8.48. The highest BCUT2D eigenvalue weighted by molar-refractivity contribution is 9.10. The molecule has 1 aromatic rings. The fourth-order valence-electron chi connectivity index (χ4n) is 3.78. The maximum Gasteiger partial charge on any atom is 0.414 e. The number of rotatable bonds is 0. The van der Waals surface area contributed by atoms with Crippen molar-refractivity contribution < 1.29 is 9.53 Å². The molecule has 1 aliphatic carbocycles. The Balaban J connectivity index is 1.97. The Kier molecular flexibility index (Phi) is 4.00. The van der Waals surface area contributed by atoms with Crippen LogP contribution in [0.15, 0.2) is 22.7 Å². The quantitative estimate of drug-likeness (QED) is 0.615. The monoisotopic (exact) mass is 365 g/mol. The van der Waals surface area contributed by atoms with E-state index in [9.17, 15) is 4.79 Å². The Morgan fingerprint density at radius 2 is 1.91 bits per heavy atom. The van der Waals surface area contributed by atoms with Crippen molar-refractivity contribution in [2.45, 2.75) is 63.9 Å². The van der Waals surface area contributed by atoms with E-state index in [-0.39, 0.29) is 11.5 Å². The van der Waals surface area contributed by atoms with Crippen LogP contribution in [0, 0.1) is 0 Å². The molecular formula is C18H24BrNO2. The van der Waals surface area contributed by atoms with Gasteiger partial charge in [0.1, 0.15) is 5.60 Å². The van der Waals surface area contributed by atoms with Crippen LogP contribution in [-0.2, 0) is 10.2 Å². The molecule has 1 spiro atoms. The first-order chi connectivity index (χ1) is 10.3. The molecule has 1 aliphatic heterocycles. The molecular weight excluding hydrogens is 342 g/mol. The van der Waals surface area contributed by atoms with Gasteiger partial charge in [-0.25, -0.2) is 4.79 Å². The zero-order chi connectivity index (χ0) is 16.0. The molecule has 120 valence electrons. The van der Waals surface area contributed by atoms with E-state index in [0.717, 1.165) is 29.5 Å². The zero-order valence-electron chi connectivity index (χ0n) is 13.6. The van der Waals surface area contributed by atoms with Crippen LogP contribution in [0.5, 0.6) is 0 Å². The Bertz CT molecular complexity index is 585. The Hall–Kier alpha value is -1.03. The zero-order valence-corrected chi connectivity index (χ0v) is 15.2. The van der Waals surface area contributed by atoms with Crippen LogP contribution in [0.1, 0.15) is 58.4 Å². The predicted octanol–water partition coefficient (Wildman–Crippen LogP) is 5.41. The molecule has 1 aromatic carbocycles. The average molecular weight is 366 g/mol. The molecule has 0 N–H and O–H groups in total. The third-order valence-electron chi connectivity index (χ3n) is 4.71. The van der Waals surface area contributed by atoms with Crippen LogP contribution in [0.4, 0.5) is 10.5 Å². The first kappa shape index (κ1) is 15.9. The van der Waals surface area contributed by atoms with Crippen LogP contribution >= 0.6 is 15.9 Å². The number of anilines is 1. The lowest BCUT2D eigenvalue weighted by molar-refractivity contribution is 0.0575. The second kappa shape index (κ2) is 5.55. The largest absolute Gasteiger partial charge is 0.443 e. The molecule has 22 heavy (non-hydrogen) atoms. The number of amides is 1. The Morgan fingerprint density at radius 3 is 2.55 bits per heavy atom. The van der Waals surface area contributed by atoms with Gasteiger partial charge in [0.25, 0.3) is 0 Å². The molecule has 0 aromatic heterocycles. The van der Waals surface area contributed by atoms with Crippen molar-refractivity contribution in [1.82, 2.24) is 0 Å². The van der Waals surface area contributed by atoms with Crippen molar-refractivity contribution in [1.29, 1.82) is 0 Å². The number of ether oxygens (including phenoxy) is 1. The van der Waals surface area contributed by atoms with Crippen LogP contribution in [0.2, 0.25) is 0 Å². The van der Waals surface area contributed by atoms with Crippen LogP contribution in [0.25, 0.3) is 0 Å². The van der Waals surface area contributed by atoms with Gasteiger partial charge in [-0.05, 0) is 57.4 Å². The number of halogens is 1. The molecule has 3 nitrogen and oxygen atoms in total. The number of nitrogens with zero attached hydrogens (tertiary/aromatic N) is 1. The van der Waals surface area contributed by atoms with E-state index in [0.29, 0.717) is 0 Å². The van der Waals surface area contributed by atoms with E-state index in [1.807, 2.05) is 37.8 Å². The summed E-state index contributed by atoms with van der Waals surface area (Å²) < 4.78 is 6.70. The van der Waals surface area contributed by atoms with Crippen molar-refractivity contribution >= 4 is 27.7 Å². The van der Waals surface area contributed by atoms with Crippen LogP contribution in [0.3, 0.4) is 0 Å². The van der Waals surface area contributed by atoms with Gasteiger partial charge in [0.2, 0.25) is 0 Å². The van der Waals surface area contributed by atoms with E-state index >= 15 is 0 Å². The highest BCUT2D eigenvalue weighted by Gasteiger charge is 2.46. The van der Waals surface area contributed by atoms with E-state index in [1.54, 1.807) is 0 Å². The predicted molar refractivity (Wildman–Crippen MR) is 92.5 cm³/mol. The van der Waals surface area contributed by atoms with Crippen molar-refractivity contribution in [2.75, 3.05) is 11.4 Å². The smallest absolute Gasteiger partial charge is 0.414 e. The van der Waals surface area contributed by atoms with Crippen molar-refractivity contribution in [3.05, 3.63) is 28.2 Å². The third kappa shape index (κ3) is 2.90. The topological polar surface area (TPSA) is 29.5 Å². The fraction of sp³-hybridized carbons (Fsp3) is 0.611. The summed E-state index contributed by atoms with van der Waals surface area (Å²) in [7, 11) is 0. The molecule has 3 rings (SSSR count). The van der Waals surface area contributed by atoms with Gasteiger partial charge < -0.3 is 4.74 Å². The van der Waals surface area contributed by atoms with Crippen molar-refractivity contribution in [3.63, 3.8) is 0 Å². The van der Waals surface area contributed by atoms with Gasteiger partial charge in [0, 0.05) is 16.4 Å². The lowest BCUT2D eigenvalue weighted by Crippen LogP contribution is -2.41. The summed E-state index contributed by atoms with van der Waals surface area (Å²) in [6, 6.07) is 6.26. The number of hydrogen-bond acceptors (Lipinski definition) is 2. The normalized spacial score (nSPS) is 20.1. The van der Waals surface area contributed by atoms with E-state index in [1.165, 1.54) is 24.8 Å². The summed E-state index contributed by atoms with van der Waals surface area (Å²) in [6.45, 7) is 6.51. The molecule has 1 saturated carbocycles. The van der Waals surface area contributed by atoms with Gasteiger partial charge in [0.15, 0.2) is 0 Å². The molecule has 1 amide bonds. The summed E-state index contributed by atoms with van der Waals surface area (Å²) in [4.78, 5) is 14.5. The number of hydrogen-bond donors (Lipinski definition) is 0. The van der Waals surface area contributed by atoms with Crippen molar-refractivity contribution in [3.8, 4) is 0 Å². The first-order valence-corrected chi connectivity index (χ1v) is 8.91. The Morgan fingerprint density at radius 1 is 1.23 bits per heavy atom. The molecule has 0 atom stereocenters. The molecule has 4 heteroatoms. The lowest BCUT2D eigenvalue weighted by atomic mass is 9.71. The molecule has 0 bridgehead atoms. The average Bonchev–Trinajstić information content (AvgIpc) is 2.72. The standard InChI is InChI=1S/C18H24BrNO2/c1-17(2,3)22-16(21)20-12-18(9-5-4-6-10-18)14-11-13(19)7-8-15(14)20/h7-8,11H,4-6,9-10,12H2,1-3H3. The van der Waals surface area contributed by atoms with Crippen molar-refractivity contribution in [2.24, 2.45) is 0 Å². The molecule has 1 fully saturated rings. The molecule has 0 saturated heterocycles. The molecule has 2 aliphatic rings. The summed E-state index contributed by atoms with van der Waals surface area (Å²) in [5, 5.41) is 0. The van der Waals surface area contributed by atoms with Gasteiger partial charge in [0.05, 0.1) is 5.69 Å². The minimum atomic E-state index is -0.463. The fourth-order valence-corrected chi connectivity index (χ4v) is 4.14. The Labute approximate surface area is 141 Å². The summed E-state index contributed by atoms with van der Waals surface area (Å²) >= 11 is 3.59. The van der Waals surface area contributed by atoms with Crippen LogP contribution < -0.4 is 4.90 Å². The number of fused-ring (bicyclic) bond motifs is 2. The maximum absolute atomic E-state index is 12.6. The second-order valence-electron chi connectivity index (χ2n) is 7.57. The minimum absolute atomic E-state index is 0.119. The number of carbonyl (C=O) groups is 1. The number of benzene rings is 1. The summed E-state index contributed by atoms with van der Waals surface area (Å²) in [6.07, 6.45) is 5.89. The highest BCUT2D eigenvalue weighted by Crippen LogP contribution is 2.50. The van der Waals surface area contributed by atoms with E-state index in [2.05, 4.69) is 22.0 Å². The maximum atomic E-state index is 12.6. The van der Waals surface area contributed by atoms with Gasteiger partial charge in [-0.1, -0.05) is 35.2 Å². The van der Waals surface area contributed by atoms with Crippen LogP contribution in [-0.4, -0.2) is 18.2 Å². The minimum Gasteiger partial charge on any atom is -0.443 e. The van der Waals surface area contributed by atoms with Gasteiger partial charge in [-0.3, -0.25) is 4.90 Å². The van der Waals surface area contributed by atoms with Gasteiger partial charge >= 0.3 is 6.09 Å². The van der Waals surface area contributed by atoms with E-state index in [4.69, 9.17) is 4.74 Å². The molecule has 1 heterocycles.